The van der Waals surface area contributed by atoms with Crippen LogP contribution in [0.2, 0.25) is 0 Å². The second-order valence-corrected chi connectivity index (χ2v) is 9.09. The van der Waals surface area contributed by atoms with Gasteiger partial charge in [-0.15, -0.1) is 0 Å². The van der Waals surface area contributed by atoms with Crippen LogP contribution in [0.4, 0.5) is 0 Å². The van der Waals surface area contributed by atoms with Gasteiger partial charge in [0.15, 0.2) is 11.9 Å². The maximum Gasteiger partial charge on any atom is 0.303 e. The predicted molar refractivity (Wildman–Crippen MR) is 97.8 cm³/mol. The molecule has 0 N–H and O–H groups in total. The number of fused-ring (bicyclic) bond motifs is 3. The monoisotopic (exact) mass is 392 g/mol. The highest BCUT2D eigenvalue weighted by molar-refractivity contribution is 5.97. The number of hydrogen-bond donors (Lipinski definition) is 0. The summed E-state index contributed by atoms with van der Waals surface area (Å²) < 4.78 is 16.9. The topological polar surface area (TPSA) is 96.0 Å². The van der Waals surface area contributed by atoms with Gasteiger partial charge in [0.05, 0.1) is 0 Å². The Morgan fingerprint density at radius 3 is 1.82 bits per heavy atom. The molecule has 7 atom stereocenters. The van der Waals surface area contributed by atoms with Crippen LogP contribution in [0.15, 0.2) is 11.6 Å². The van der Waals surface area contributed by atoms with Gasteiger partial charge in [0, 0.05) is 37.5 Å². The van der Waals surface area contributed by atoms with Crippen LogP contribution in [-0.4, -0.2) is 42.0 Å². The van der Waals surface area contributed by atoms with Gasteiger partial charge in [-0.2, -0.15) is 0 Å². The summed E-state index contributed by atoms with van der Waals surface area (Å²) in [6.45, 7) is 11.5. The van der Waals surface area contributed by atoms with E-state index in [-0.39, 0.29) is 17.6 Å². The molecule has 4 aliphatic rings. The van der Waals surface area contributed by atoms with Crippen LogP contribution < -0.4 is 0 Å². The van der Waals surface area contributed by atoms with Crippen molar-refractivity contribution in [1.29, 1.82) is 0 Å². The molecule has 0 aromatic heterocycles. The maximum absolute atomic E-state index is 13.0. The largest absolute Gasteiger partial charge is 0.458 e. The van der Waals surface area contributed by atoms with Crippen LogP contribution in [0.1, 0.15) is 48.5 Å². The lowest BCUT2D eigenvalue weighted by atomic mass is 9.37. The van der Waals surface area contributed by atoms with Crippen molar-refractivity contribution in [2.24, 2.45) is 28.6 Å². The zero-order valence-electron chi connectivity index (χ0n) is 17.4. The molecule has 7 heteroatoms. The number of allylic oxidation sites excluding steroid dienone is 2. The minimum Gasteiger partial charge on any atom is -0.458 e. The summed E-state index contributed by atoms with van der Waals surface area (Å²) in [5.41, 5.74) is -0.505. The van der Waals surface area contributed by atoms with E-state index in [0.717, 1.165) is 5.57 Å². The van der Waals surface area contributed by atoms with Gasteiger partial charge in [-0.3, -0.25) is 19.2 Å². The van der Waals surface area contributed by atoms with Crippen molar-refractivity contribution in [3.63, 3.8) is 0 Å². The van der Waals surface area contributed by atoms with E-state index in [4.69, 9.17) is 14.2 Å². The van der Waals surface area contributed by atoms with Crippen LogP contribution >= 0.6 is 0 Å². The molecule has 0 amide bonds. The Morgan fingerprint density at radius 2 is 1.36 bits per heavy atom. The molecular formula is C21H28O7. The van der Waals surface area contributed by atoms with Gasteiger partial charge in [0.2, 0.25) is 0 Å². The lowest BCUT2D eigenvalue weighted by molar-refractivity contribution is -0.214. The summed E-state index contributed by atoms with van der Waals surface area (Å²) >= 11 is 0. The van der Waals surface area contributed by atoms with E-state index >= 15 is 0 Å². The standard InChI is InChI=1S/C21H28O7/c1-9-8-13(25)15-16-14(9)21(15,7)19(28-12(4)24)17(26-10(2)22)18(20(16,5)6)27-11(3)23/h8,14-19H,1-7H3/t14?,15?,16?,17-,18-,19-,21?/m1/s1. The van der Waals surface area contributed by atoms with Gasteiger partial charge in [0.1, 0.15) is 12.2 Å². The zero-order valence-corrected chi connectivity index (χ0v) is 17.4. The molecule has 0 aromatic rings. The quantitative estimate of drug-likeness (QED) is 0.537. The minimum absolute atomic E-state index is 0.0252. The highest BCUT2D eigenvalue weighted by atomic mass is 16.6. The fraction of sp³-hybridized carbons (Fsp3) is 0.714. The van der Waals surface area contributed by atoms with Crippen molar-refractivity contribution in [3.8, 4) is 0 Å². The van der Waals surface area contributed by atoms with Crippen LogP contribution in [0.25, 0.3) is 0 Å². The lowest BCUT2D eigenvalue weighted by Crippen LogP contribution is -2.68. The molecule has 3 fully saturated rings. The van der Waals surface area contributed by atoms with Gasteiger partial charge in [0.25, 0.3) is 0 Å². The summed E-state index contributed by atoms with van der Waals surface area (Å²) in [5.74, 6) is -2.22. The lowest BCUT2D eigenvalue weighted by Gasteiger charge is -2.65. The van der Waals surface area contributed by atoms with Gasteiger partial charge in [-0.05, 0) is 24.8 Å². The van der Waals surface area contributed by atoms with Crippen molar-refractivity contribution >= 4 is 23.7 Å². The summed E-state index contributed by atoms with van der Waals surface area (Å²) in [4.78, 5) is 48.7. The summed E-state index contributed by atoms with van der Waals surface area (Å²) in [6.07, 6.45) is -1.10. The normalized spacial score (nSPS) is 40.4. The Balaban J connectivity index is 2.24. The van der Waals surface area contributed by atoms with Crippen molar-refractivity contribution in [3.05, 3.63) is 11.6 Å². The van der Waals surface area contributed by atoms with Crippen molar-refractivity contribution in [2.75, 3.05) is 0 Å². The average Bonchev–Trinajstić information content (AvgIpc) is 2.59. The highest BCUT2D eigenvalue weighted by Gasteiger charge is 2.77. The molecule has 0 radical (unpaired) electrons. The number of hydrogen-bond acceptors (Lipinski definition) is 7. The third-order valence-corrected chi connectivity index (χ3v) is 6.92. The summed E-state index contributed by atoms with van der Waals surface area (Å²) in [5, 5.41) is 0. The SMILES string of the molecule is CC(=O)O[C@@H]1[C@@H](OC(C)=O)C(C)(C)C2C3C(=O)C=C(C)C2C3(C)[C@@H]1OC(C)=O. The Kier molecular flexibility index (Phi) is 4.72. The first-order valence-electron chi connectivity index (χ1n) is 9.57. The van der Waals surface area contributed by atoms with E-state index in [2.05, 4.69) is 0 Å². The zero-order chi connectivity index (χ0) is 21.2. The summed E-state index contributed by atoms with van der Waals surface area (Å²) in [7, 11) is 0. The Morgan fingerprint density at radius 1 is 0.857 bits per heavy atom. The molecule has 0 heterocycles. The molecule has 0 aromatic carbocycles. The van der Waals surface area contributed by atoms with Crippen LogP contribution in [0.3, 0.4) is 0 Å². The molecule has 3 saturated carbocycles. The van der Waals surface area contributed by atoms with Crippen LogP contribution in [0.5, 0.6) is 0 Å². The molecule has 7 nitrogen and oxygen atoms in total. The molecule has 0 spiro atoms. The first-order chi connectivity index (χ1) is 12.8. The molecule has 4 bridgehead atoms. The Labute approximate surface area is 164 Å². The van der Waals surface area contributed by atoms with E-state index in [0.29, 0.717) is 0 Å². The van der Waals surface area contributed by atoms with E-state index in [1.54, 1.807) is 6.08 Å². The number of esters is 3. The van der Waals surface area contributed by atoms with Crippen molar-refractivity contribution in [1.82, 2.24) is 0 Å². The van der Waals surface area contributed by atoms with Gasteiger partial charge < -0.3 is 14.2 Å². The van der Waals surface area contributed by atoms with Crippen molar-refractivity contribution in [2.45, 2.75) is 66.8 Å². The fourth-order valence-electron chi connectivity index (χ4n) is 6.13. The number of carbonyl (C=O) groups excluding carboxylic acids is 4. The molecule has 0 saturated heterocycles. The molecule has 4 unspecified atom stereocenters. The number of rotatable bonds is 3. The number of ether oxygens (including phenoxy) is 3. The molecular weight excluding hydrogens is 364 g/mol. The molecule has 154 valence electrons. The van der Waals surface area contributed by atoms with Crippen molar-refractivity contribution < 1.29 is 33.4 Å². The Bertz CT molecular complexity index is 780. The first kappa shape index (κ1) is 20.6. The predicted octanol–water partition coefficient (Wildman–Crippen LogP) is 2.22. The van der Waals surface area contributed by atoms with Gasteiger partial charge >= 0.3 is 17.9 Å². The van der Waals surface area contributed by atoms with Gasteiger partial charge in [-0.25, -0.2) is 0 Å². The number of carbonyl (C=O) groups is 4. The first-order valence-corrected chi connectivity index (χ1v) is 9.57. The third-order valence-electron chi connectivity index (χ3n) is 6.92. The van der Waals surface area contributed by atoms with Crippen LogP contribution in [-0.2, 0) is 33.4 Å². The molecule has 0 aliphatic heterocycles. The number of ketones is 1. The van der Waals surface area contributed by atoms with E-state index in [1.807, 2.05) is 27.7 Å². The molecule has 4 rings (SSSR count). The van der Waals surface area contributed by atoms with Gasteiger partial charge in [-0.1, -0.05) is 26.3 Å². The average molecular weight is 392 g/mol. The van der Waals surface area contributed by atoms with E-state index in [9.17, 15) is 19.2 Å². The fourth-order valence-corrected chi connectivity index (χ4v) is 6.13. The second kappa shape index (κ2) is 6.42. The van der Waals surface area contributed by atoms with E-state index in [1.165, 1.54) is 20.8 Å². The molecule has 4 aliphatic carbocycles. The smallest absolute Gasteiger partial charge is 0.303 e. The second-order valence-electron chi connectivity index (χ2n) is 9.09. The Hall–Kier alpha value is -2.18. The maximum atomic E-state index is 13.0. The molecule has 28 heavy (non-hydrogen) atoms. The third kappa shape index (κ3) is 2.70. The van der Waals surface area contributed by atoms with E-state index < -0.39 is 53.0 Å². The minimum atomic E-state index is -0.999. The van der Waals surface area contributed by atoms with Crippen LogP contribution in [0, 0.1) is 28.6 Å². The highest BCUT2D eigenvalue weighted by Crippen LogP contribution is 2.72. The summed E-state index contributed by atoms with van der Waals surface area (Å²) in [6, 6.07) is 0.